The van der Waals surface area contributed by atoms with Gasteiger partial charge in [-0.3, -0.25) is 33.3 Å². The van der Waals surface area contributed by atoms with E-state index in [2.05, 4.69) is 60.5 Å². The summed E-state index contributed by atoms with van der Waals surface area (Å²) in [6, 6.07) is 9.17. The molecule has 2 fully saturated rings. The summed E-state index contributed by atoms with van der Waals surface area (Å²) in [6.45, 7) is 9.88. The third-order valence-corrected chi connectivity index (χ3v) is 18.8. The van der Waals surface area contributed by atoms with E-state index in [0.29, 0.717) is 128 Å². The predicted molar refractivity (Wildman–Crippen MR) is 348 cm³/mol. The number of benzene rings is 2. The number of aliphatic carboxylic acids is 1. The number of aliphatic hydroxyl groups is 1. The van der Waals surface area contributed by atoms with Crippen LogP contribution in [-0.4, -0.2) is 181 Å². The summed E-state index contributed by atoms with van der Waals surface area (Å²) in [5, 5.41) is 44.6. The Bertz CT molecular complexity index is 3910. The Labute approximate surface area is 556 Å². The summed E-state index contributed by atoms with van der Waals surface area (Å²) >= 11 is 3.20. The van der Waals surface area contributed by atoms with Gasteiger partial charge in [-0.05, 0) is 120 Å². The first kappa shape index (κ1) is 77.5. The number of aromatic amines is 2. The summed E-state index contributed by atoms with van der Waals surface area (Å²) in [7, 11) is -2.75. The summed E-state index contributed by atoms with van der Waals surface area (Å²) in [5.74, 6) is 0.0739. The van der Waals surface area contributed by atoms with E-state index in [1.165, 1.54) is 49.3 Å². The number of carboxylic acids is 1. The number of ether oxygens (including phenoxy) is 4. The van der Waals surface area contributed by atoms with Crippen molar-refractivity contribution in [2.24, 2.45) is 25.9 Å². The molecule has 0 radical (unpaired) electrons. The van der Waals surface area contributed by atoms with Crippen LogP contribution in [0.3, 0.4) is 0 Å². The van der Waals surface area contributed by atoms with E-state index < -0.39 is 42.2 Å². The Morgan fingerprint density at radius 1 is 0.653 bits per heavy atom. The van der Waals surface area contributed by atoms with Crippen molar-refractivity contribution in [2.75, 3.05) is 78.3 Å². The molecule has 2 saturated heterocycles. The topological polar surface area (TPSA) is 435 Å². The van der Waals surface area contributed by atoms with Crippen molar-refractivity contribution in [3.63, 3.8) is 0 Å². The maximum Gasteiger partial charge on any atom is 0.305 e. The van der Waals surface area contributed by atoms with E-state index >= 15 is 0 Å². The van der Waals surface area contributed by atoms with Crippen LogP contribution in [0.4, 0.5) is 0 Å². The molecule has 0 atom stereocenters. The lowest BCUT2D eigenvalue weighted by Crippen LogP contribution is -2.49. The number of aryl methyl sites for hydroxylation is 4. The summed E-state index contributed by atoms with van der Waals surface area (Å²) in [4.78, 5) is 100. The number of aromatic nitrogens is 8. The molecule has 2 aliphatic rings. The van der Waals surface area contributed by atoms with Crippen LogP contribution in [-0.2, 0) is 80.5 Å². The Hall–Kier alpha value is -8.19. The van der Waals surface area contributed by atoms with Gasteiger partial charge >= 0.3 is 17.9 Å². The van der Waals surface area contributed by atoms with Crippen molar-refractivity contribution < 1.29 is 80.2 Å². The summed E-state index contributed by atoms with van der Waals surface area (Å²) < 4.78 is 80.3. The van der Waals surface area contributed by atoms with E-state index in [4.69, 9.17) is 24.4 Å². The second-order valence-electron chi connectivity index (χ2n) is 21.7. The zero-order chi connectivity index (χ0) is 70.0. The molecule has 0 saturated carbocycles. The van der Waals surface area contributed by atoms with Gasteiger partial charge in [0.25, 0.3) is 21.3 Å². The zero-order valence-electron chi connectivity index (χ0n) is 54.1. The van der Waals surface area contributed by atoms with Crippen molar-refractivity contribution in [2.45, 2.75) is 127 Å². The van der Waals surface area contributed by atoms with Gasteiger partial charge in [-0.15, -0.1) is 20.2 Å². The van der Waals surface area contributed by atoms with Crippen LogP contribution >= 0.6 is 15.9 Å². The Morgan fingerprint density at radius 2 is 1.08 bits per heavy atom. The highest BCUT2D eigenvalue weighted by Gasteiger charge is 2.38. The summed E-state index contributed by atoms with van der Waals surface area (Å²) in [5.41, 5.74) is 3.16. The number of rotatable bonds is 34. The van der Waals surface area contributed by atoms with Crippen LogP contribution in [0.1, 0.15) is 116 Å². The van der Waals surface area contributed by atoms with Crippen LogP contribution in [0.5, 0.6) is 11.5 Å². The second kappa shape index (κ2) is 37.8. The van der Waals surface area contributed by atoms with Crippen LogP contribution in [0.25, 0.3) is 44.8 Å². The number of H-pyrrole nitrogens is 2. The summed E-state index contributed by atoms with van der Waals surface area (Å²) in [6.07, 6.45) is 7.33. The number of sulfonamides is 2. The minimum atomic E-state index is -3.83. The first-order valence-corrected chi connectivity index (χ1v) is 34.9. The fraction of sp³-hybridized carbons (Fsp3) is 0.576. The largest absolute Gasteiger partial charge is 0.493 e. The number of aliphatic hydroxyl groups excluding tert-OH is 1. The molecule has 6 aromatic rings. The minimum absolute atomic E-state index is 0.0206. The van der Waals surface area contributed by atoms with Gasteiger partial charge in [0.05, 0.1) is 72.4 Å². The molecule has 4 N–H and O–H groups in total. The van der Waals surface area contributed by atoms with Crippen LogP contribution in [0, 0.1) is 32.1 Å². The first-order valence-electron chi connectivity index (χ1n) is 30.9. The van der Waals surface area contributed by atoms with Gasteiger partial charge in [-0.25, -0.2) is 26.8 Å². The fourth-order valence-electron chi connectivity index (χ4n) is 9.97. The van der Waals surface area contributed by atoms with Gasteiger partial charge in [-0.1, -0.05) is 42.6 Å². The monoisotopic (exact) mass is 1440 g/mol. The van der Waals surface area contributed by atoms with Crippen molar-refractivity contribution in [1.29, 1.82) is 0 Å². The van der Waals surface area contributed by atoms with Gasteiger partial charge in [0, 0.05) is 71.5 Å². The number of carbonyl (C=O) groups is 3. The average Bonchev–Trinajstić information content (AvgIpc) is 1.71. The molecule has 2 aromatic carbocycles. The molecule has 524 valence electrons. The van der Waals surface area contributed by atoms with Gasteiger partial charge < -0.3 is 48.8 Å². The van der Waals surface area contributed by atoms with Gasteiger partial charge in [0.15, 0.2) is 11.0 Å². The molecule has 6 heterocycles. The molecule has 0 amide bonds. The normalized spacial score (nSPS) is 13.4. The number of methoxy groups -OCH3 is 1. The fourth-order valence-corrected chi connectivity index (χ4v) is 13.5. The molecule has 0 bridgehead atoms. The number of nitrogens with zero attached hydrogens (tertiary/aromatic N) is 10. The molecule has 33 nitrogen and oxygen atoms in total. The third kappa shape index (κ3) is 22.2. The number of nitrogens with one attached hydrogen (secondary N) is 2. The highest BCUT2D eigenvalue weighted by atomic mass is 79.9. The van der Waals surface area contributed by atoms with E-state index in [-0.39, 0.29) is 102 Å². The number of esters is 2. The number of carbonyl (C=O) groups excluding carboxylic acids is 2. The van der Waals surface area contributed by atoms with Gasteiger partial charge in [0.2, 0.25) is 20.0 Å². The van der Waals surface area contributed by atoms with Crippen molar-refractivity contribution in [3.8, 4) is 34.3 Å². The SMILES string of the molecule is CCCc1nn(C)c2c(=O)[nH]c(-c3cc(S(=O)(=O)N4CC(CCCO)C4)ccc3OCC)nc12.CCCc1nn(C)c2c(=O)[nH]c(-c3cc(S(=O)(=O)N4CC(CCCOC(=O)CCCO[N+](=O)[O-])C4)ccc3OCC)nc12.COC(=O)CCCBr.O=C(O)CCCO[N+](=O)[O-]. The lowest BCUT2D eigenvalue weighted by Gasteiger charge is -2.38. The number of hydrogen-bond acceptors (Lipinski definition) is 24. The number of carboxylic acid groups (broad SMARTS) is 1. The Balaban J connectivity index is 0.000000277. The second-order valence-corrected chi connectivity index (χ2v) is 26.4. The number of fused-ring (bicyclic) bond motifs is 2. The van der Waals surface area contributed by atoms with E-state index in [0.717, 1.165) is 36.7 Å². The number of halogens is 1. The van der Waals surface area contributed by atoms with E-state index in [1.54, 1.807) is 26.2 Å². The lowest BCUT2D eigenvalue weighted by atomic mass is 9.98. The molecule has 0 unspecified atom stereocenters. The zero-order valence-corrected chi connectivity index (χ0v) is 57.3. The smallest absolute Gasteiger partial charge is 0.305 e. The number of hydrogen-bond donors (Lipinski definition) is 4. The van der Waals surface area contributed by atoms with E-state index in [1.807, 2.05) is 27.7 Å². The molecular weight excluding hydrogens is 1360 g/mol. The maximum absolute atomic E-state index is 13.5. The molecule has 4 aromatic heterocycles. The molecule has 36 heteroatoms. The quantitative estimate of drug-likeness (QED) is 0.0117. The van der Waals surface area contributed by atoms with Crippen molar-refractivity contribution >= 4 is 76.0 Å². The van der Waals surface area contributed by atoms with Crippen LogP contribution in [0.2, 0.25) is 0 Å². The Morgan fingerprint density at radius 3 is 1.47 bits per heavy atom. The highest BCUT2D eigenvalue weighted by molar-refractivity contribution is 9.09. The standard InChI is InChI=1S/C27H36N6O9S.C23H31N5O5S.C5H9BrO2.C4H7NO5/c1-4-8-21-24-25(31(3)30-21)27(35)29-26(28-24)20-15-19(11-12-22(20)40-5-2)43(38,39)32-16-18(17-32)9-6-13-41-23(34)10-7-14-42-33(36)37;1-4-7-18-20-21(27(3)26-18)23(30)25-22(24-20)17-12-16(9-10-19(17)33-5-2)34(31,32)28-13-15(14-28)8-6-11-29;1-8-5(7)3-2-4-6;6-4(7)2-1-3-10-5(8)9/h11-12,15,18H,4-10,13-14,16-17H2,1-3H3,(H,28,29,35);9-10,12,15,29H,4-8,11,13-14H2,1-3H3,(H,24,25,30);2-4H2,1H3;1-3H2,(H,6,7). The average molecular weight is 1440 g/mol. The first-order chi connectivity index (χ1) is 45.3. The molecular formula is C59H83BrN12O21S2. The molecule has 2 aliphatic heterocycles. The van der Waals surface area contributed by atoms with Crippen LogP contribution in [0.15, 0.2) is 55.8 Å². The van der Waals surface area contributed by atoms with Crippen molar-refractivity contribution in [1.82, 2.24) is 48.1 Å². The van der Waals surface area contributed by atoms with Gasteiger partial charge in [0.1, 0.15) is 34.2 Å². The maximum atomic E-state index is 13.5. The molecule has 8 rings (SSSR count). The highest BCUT2D eigenvalue weighted by Crippen LogP contribution is 2.37. The van der Waals surface area contributed by atoms with Crippen molar-refractivity contribution in [3.05, 3.63) is 88.7 Å². The predicted octanol–water partition coefficient (Wildman–Crippen LogP) is 6.07. The third-order valence-electron chi connectivity index (χ3n) is 14.6. The van der Waals surface area contributed by atoms with Gasteiger partial charge in [-0.2, -0.15) is 18.8 Å². The lowest BCUT2D eigenvalue weighted by molar-refractivity contribution is -0.757. The Kier molecular flexibility index (Phi) is 30.8. The number of alkyl halides is 1. The molecule has 0 aliphatic carbocycles. The van der Waals surface area contributed by atoms with E-state index in [9.17, 15) is 61.0 Å². The molecule has 0 spiro atoms. The minimum Gasteiger partial charge on any atom is -0.493 e. The van der Waals surface area contributed by atoms with Crippen LogP contribution < -0.4 is 20.6 Å². The molecule has 95 heavy (non-hydrogen) atoms.